The number of hydrogen-bond donors (Lipinski definition) is 1. The van der Waals surface area contributed by atoms with Gasteiger partial charge in [-0.05, 0) is 12.8 Å². The largest absolute Gasteiger partial charge is 0.478 e. The first kappa shape index (κ1) is 11.4. The summed E-state index contributed by atoms with van der Waals surface area (Å²) in [6.45, 7) is 2.76. The Labute approximate surface area is 88.4 Å². The van der Waals surface area contributed by atoms with E-state index in [1.807, 2.05) is 6.20 Å². The van der Waals surface area contributed by atoms with Crippen LogP contribution in [0.15, 0.2) is 18.3 Å². The van der Waals surface area contributed by atoms with E-state index in [0.29, 0.717) is 13.0 Å². The Bertz CT molecular complexity index is 344. The highest BCUT2D eigenvalue weighted by Crippen LogP contribution is 1.98. The van der Waals surface area contributed by atoms with E-state index in [9.17, 15) is 4.79 Å². The first-order chi connectivity index (χ1) is 7.22. The van der Waals surface area contributed by atoms with Gasteiger partial charge in [0.2, 0.25) is 0 Å². The Morgan fingerprint density at radius 3 is 3.13 bits per heavy atom. The third-order valence-corrected chi connectivity index (χ3v) is 1.88. The SMILES string of the molecule is CCCc1cn(CC/C=C/C(=O)O)nn1. The summed E-state index contributed by atoms with van der Waals surface area (Å²) in [4.78, 5) is 10.2. The monoisotopic (exact) mass is 209 g/mol. The lowest BCUT2D eigenvalue weighted by molar-refractivity contribution is -0.131. The van der Waals surface area contributed by atoms with Gasteiger partial charge in [0.05, 0.1) is 5.69 Å². The fraction of sp³-hybridized carbons (Fsp3) is 0.500. The van der Waals surface area contributed by atoms with Crippen molar-refractivity contribution < 1.29 is 9.90 Å². The minimum Gasteiger partial charge on any atom is -0.478 e. The zero-order valence-electron chi connectivity index (χ0n) is 8.76. The minimum absolute atomic E-state index is 0.654. The number of carboxylic acids is 1. The Balaban J connectivity index is 2.34. The van der Waals surface area contributed by atoms with Crippen LogP contribution in [0.25, 0.3) is 0 Å². The van der Waals surface area contributed by atoms with Crippen LogP contribution in [0.1, 0.15) is 25.5 Å². The molecule has 5 nitrogen and oxygen atoms in total. The highest BCUT2D eigenvalue weighted by atomic mass is 16.4. The molecule has 0 amide bonds. The van der Waals surface area contributed by atoms with Gasteiger partial charge < -0.3 is 5.11 Å². The summed E-state index contributed by atoms with van der Waals surface area (Å²) in [5.41, 5.74) is 0.986. The molecule has 1 aromatic rings. The second-order valence-electron chi connectivity index (χ2n) is 3.25. The summed E-state index contributed by atoms with van der Waals surface area (Å²) in [5.74, 6) is -0.916. The fourth-order valence-electron chi connectivity index (χ4n) is 1.21. The first-order valence-electron chi connectivity index (χ1n) is 5.01. The molecular weight excluding hydrogens is 194 g/mol. The lowest BCUT2D eigenvalue weighted by Crippen LogP contribution is -1.97. The van der Waals surface area contributed by atoms with Gasteiger partial charge in [0.25, 0.3) is 0 Å². The van der Waals surface area contributed by atoms with E-state index in [4.69, 9.17) is 5.11 Å². The van der Waals surface area contributed by atoms with Crippen LogP contribution in [0.3, 0.4) is 0 Å². The molecule has 1 heterocycles. The molecule has 0 spiro atoms. The molecule has 0 radical (unpaired) electrons. The minimum atomic E-state index is -0.916. The molecule has 0 saturated carbocycles. The average molecular weight is 209 g/mol. The molecule has 15 heavy (non-hydrogen) atoms. The molecule has 0 unspecified atom stereocenters. The van der Waals surface area contributed by atoms with Crippen molar-refractivity contribution in [3.05, 3.63) is 24.0 Å². The van der Waals surface area contributed by atoms with Crippen LogP contribution in [-0.4, -0.2) is 26.1 Å². The van der Waals surface area contributed by atoms with Gasteiger partial charge in [-0.1, -0.05) is 24.6 Å². The predicted molar refractivity (Wildman–Crippen MR) is 55.4 cm³/mol. The molecule has 0 bridgehead atoms. The van der Waals surface area contributed by atoms with Gasteiger partial charge in [-0.15, -0.1) is 5.10 Å². The summed E-state index contributed by atoms with van der Waals surface area (Å²) in [6, 6.07) is 0. The molecule has 0 fully saturated rings. The maximum absolute atomic E-state index is 10.2. The third kappa shape index (κ3) is 4.39. The van der Waals surface area contributed by atoms with E-state index < -0.39 is 5.97 Å². The summed E-state index contributed by atoms with van der Waals surface area (Å²) < 4.78 is 1.73. The third-order valence-electron chi connectivity index (χ3n) is 1.88. The molecule has 1 rings (SSSR count). The highest BCUT2D eigenvalue weighted by molar-refractivity contribution is 5.79. The van der Waals surface area contributed by atoms with Crippen LogP contribution in [0.4, 0.5) is 0 Å². The molecule has 1 N–H and O–H groups in total. The molecule has 1 aromatic heterocycles. The van der Waals surface area contributed by atoms with Crippen molar-refractivity contribution in [2.75, 3.05) is 0 Å². The van der Waals surface area contributed by atoms with E-state index in [2.05, 4.69) is 17.2 Å². The molecule has 0 atom stereocenters. The molecule has 0 aliphatic heterocycles. The molecule has 5 heteroatoms. The summed E-state index contributed by atoms with van der Waals surface area (Å²) in [5, 5.41) is 16.3. The van der Waals surface area contributed by atoms with Crippen molar-refractivity contribution in [1.29, 1.82) is 0 Å². The van der Waals surface area contributed by atoms with Gasteiger partial charge in [0, 0.05) is 18.8 Å². The molecule has 0 saturated heterocycles. The second kappa shape index (κ2) is 5.95. The van der Waals surface area contributed by atoms with Crippen molar-refractivity contribution in [1.82, 2.24) is 15.0 Å². The number of rotatable bonds is 6. The molecule has 0 aliphatic rings. The summed E-state index contributed by atoms with van der Waals surface area (Å²) in [7, 11) is 0. The Morgan fingerprint density at radius 2 is 2.47 bits per heavy atom. The maximum atomic E-state index is 10.2. The van der Waals surface area contributed by atoms with Crippen molar-refractivity contribution in [2.24, 2.45) is 0 Å². The predicted octanol–water partition coefficient (Wildman–Crippen LogP) is 1.26. The highest BCUT2D eigenvalue weighted by Gasteiger charge is 1.97. The molecule has 82 valence electrons. The summed E-state index contributed by atoms with van der Waals surface area (Å²) >= 11 is 0. The average Bonchev–Trinajstić information content (AvgIpc) is 2.61. The van der Waals surface area contributed by atoms with E-state index >= 15 is 0 Å². The number of carboxylic acid groups (broad SMARTS) is 1. The summed E-state index contributed by atoms with van der Waals surface area (Å²) in [6.07, 6.45) is 7.30. The van der Waals surface area contributed by atoms with Gasteiger partial charge in [0.1, 0.15) is 0 Å². The zero-order valence-corrected chi connectivity index (χ0v) is 8.76. The topological polar surface area (TPSA) is 68.0 Å². The Morgan fingerprint density at radius 1 is 1.67 bits per heavy atom. The van der Waals surface area contributed by atoms with Crippen molar-refractivity contribution in [3.63, 3.8) is 0 Å². The number of aromatic nitrogens is 3. The van der Waals surface area contributed by atoms with Gasteiger partial charge in [-0.3, -0.25) is 4.68 Å². The molecular formula is C10H15N3O2. The zero-order chi connectivity index (χ0) is 11.1. The number of hydrogen-bond acceptors (Lipinski definition) is 3. The van der Waals surface area contributed by atoms with Gasteiger partial charge >= 0.3 is 5.97 Å². The van der Waals surface area contributed by atoms with E-state index in [-0.39, 0.29) is 0 Å². The van der Waals surface area contributed by atoms with Gasteiger partial charge in [0.15, 0.2) is 0 Å². The number of nitrogens with zero attached hydrogens (tertiary/aromatic N) is 3. The van der Waals surface area contributed by atoms with Crippen LogP contribution < -0.4 is 0 Å². The number of carbonyl (C=O) groups is 1. The van der Waals surface area contributed by atoms with Crippen LogP contribution in [0, 0.1) is 0 Å². The molecule has 0 aromatic carbocycles. The number of allylic oxidation sites excluding steroid dienone is 1. The maximum Gasteiger partial charge on any atom is 0.327 e. The van der Waals surface area contributed by atoms with Crippen LogP contribution in [-0.2, 0) is 17.8 Å². The second-order valence-corrected chi connectivity index (χ2v) is 3.25. The van der Waals surface area contributed by atoms with Crippen molar-refractivity contribution in [3.8, 4) is 0 Å². The Kier molecular flexibility index (Phi) is 4.53. The molecule has 0 aliphatic carbocycles. The van der Waals surface area contributed by atoms with Crippen LogP contribution >= 0.6 is 0 Å². The van der Waals surface area contributed by atoms with Crippen molar-refractivity contribution in [2.45, 2.75) is 32.7 Å². The van der Waals surface area contributed by atoms with Gasteiger partial charge in [-0.25, -0.2) is 4.79 Å². The smallest absolute Gasteiger partial charge is 0.327 e. The standard InChI is InChI=1S/C10H15N3O2/c1-2-5-9-8-13(12-11-9)7-4-3-6-10(14)15/h3,6,8H,2,4-5,7H2,1H3,(H,14,15)/b6-3+. The van der Waals surface area contributed by atoms with E-state index in [1.165, 1.54) is 0 Å². The van der Waals surface area contributed by atoms with Crippen molar-refractivity contribution >= 4 is 5.97 Å². The lowest BCUT2D eigenvalue weighted by atomic mass is 10.3. The Hall–Kier alpha value is -1.65. The fourth-order valence-corrected chi connectivity index (χ4v) is 1.21. The normalized spacial score (nSPS) is 11.0. The van der Waals surface area contributed by atoms with Crippen LogP contribution in [0.5, 0.6) is 0 Å². The number of aryl methyl sites for hydroxylation is 2. The number of aliphatic carboxylic acids is 1. The quantitative estimate of drug-likeness (QED) is 0.716. The first-order valence-corrected chi connectivity index (χ1v) is 5.01. The van der Waals surface area contributed by atoms with E-state index in [1.54, 1.807) is 10.8 Å². The van der Waals surface area contributed by atoms with E-state index in [0.717, 1.165) is 24.6 Å². The van der Waals surface area contributed by atoms with Crippen LogP contribution in [0.2, 0.25) is 0 Å². The lowest BCUT2D eigenvalue weighted by Gasteiger charge is -1.94. The van der Waals surface area contributed by atoms with Gasteiger partial charge in [-0.2, -0.15) is 0 Å².